The smallest absolute Gasteiger partial charge is 0.0449 e. The molecule has 1 unspecified atom stereocenters. The summed E-state index contributed by atoms with van der Waals surface area (Å²) in [5, 5.41) is 3.44. The molecular weight excluding hydrogens is 482 g/mol. The summed E-state index contributed by atoms with van der Waals surface area (Å²) in [5.41, 5.74) is 10.5. The first-order chi connectivity index (χ1) is 18.2. The molecule has 2 aliphatic rings. The summed E-state index contributed by atoms with van der Waals surface area (Å²) in [6, 6.07) is 30.5. The van der Waals surface area contributed by atoms with Gasteiger partial charge in [0.1, 0.15) is 0 Å². The monoisotopic (exact) mass is 515 g/mol. The molecule has 1 atom stereocenters. The Morgan fingerprint density at radius 2 is 1.61 bits per heavy atom. The van der Waals surface area contributed by atoms with Crippen LogP contribution < -0.4 is 4.90 Å². The molecule has 1 aliphatic carbocycles. The highest BCUT2D eigenvalue weighted by Gasteiger charge is 2.41. The molecule has 6 rings (SSSR count). The van der Waals surface area contributed by atoms with Gasteiger partial charge >= 0.3 is 0 Å². The number of nitrogens with zero attached hydrogens (tertiary/aromatic N) is 1. The highest BCUT2D eigenvalue weighted by molar-refractivity contribution is 6.30. The van der Waals surface area contributed by atoms with Crippen LogP contribution in [-0.2, 0) is 17.3 Å². The van der Waals surface area contributed by atoms with Crippen molar-refractivity contribution >= 4 is 33.6 Å². The van der Waals surface area contributed by atoms with Crippen molar-refractivity contribution in [3.05, 3.63) is 142 Å². The molecule has 4 aromatic rings. The standard InChI is InChI=1S/C36H34ClN/c1-24-28-20-18-26-14-9-10-15-29(26)34(28)36(4,23-25-12-7-6-8-13-25)30(24)16-11-17-33-35(2,3)31-22-27(37)19-21-32(31)38(33)5/h6-22H,23H2,1-5H3/b16-11+,33-17+. The Balaban J connectivity index is 1.46. The largest absolute Gasteiger partial charge is 0.347 e. The summed E-state index contributed by atoms with van der Waals surface area (Å²) in [6.45, 7) is 9.29. The Labute approximate surface area is 231 Å². The van der Waals surface area contributed by atoms with Crippen LogP contribution in [0.5, 0.6) is 0 Å². The lowest BCUT2D eigenvalue weighted by molar-refractivity contribution is 0.582. The van der Waals surface area contributed by atoms with Gasteiger partial charge in [0, 0.05) is 34.3 Å². The number of likely N-dealkylation sites (N-methyl/N-ethyl adjacent to an activating group) is 1. The van der Waals surface area contributed by atoms with Crippen molar-refractivity contribution in [1.29, 1.82) is 0 Å². The van der Waals surface area contributed by atoms with Gasteiger partial charge in [0.2, 0.25) is 0 Å². The molecule has 0 aromatic heterocycles. The summed E-state index contributed by atoms with van der Waals surface area (Å²) >= 11 is 6.38. The number of hydrogen-bond acceptors (Lipinski definition) is 1. The lowest BCUT2D eigenvalue weighted by Gasteiger charge is -2.30. The summed E-state index contributed by atoms with van der Waals surface area (Å²) < 4.78 is 0. The van der Waals surface area contributed by atoms with E-state index in [1.807, 2.05) is 6.07 Å². The van der Waals surface area contributed by atoms with E-state index in [-0.39, 0.29) is 10.8 Å². The average molecular weight is 516 g/mol. The van der Waals surface area contributed by atoms with Gasteiger partial charge in [0.15, 0.2) is 0 Å². The fraction of sp³-hybridized carbons (Fsp3) is 0.222. The minimum Gasteiger partial charge on any atom is -0.347 e. The number of halogens is 1. The van der Waals surface area contributed by atoms with E-state index in [1.54, 1.807) is 0 Å². The normalized spacial score (nSPS) is 21.1. The van der Waals surface area contributed by atoms with E-state index < -0.39 is 0 Å². The van der Waals surface area contributed by atoms with Crippen molar-refractivity contribution in [2.24, 2.45) is 0 Å². The fourth-order valence-electron chi connectivity index (χ4n) is 6.91. The van der Waals surface area contributed by atoms with Crippen LogP contribution in [0.2, 0.25) is 5.02 Å². The molecule has 0 spiro atoms. The molecule has 2 heteroatoms. The average Bonchev–Trinajstić information content (AvgIpc) is 3.23. The number of allylic oxidation sites excluding steroid dienone is 6. The molecule has 0 saturated carbocycles. The molecule has 0 amide bonds. The molecule has 1 aliphatic heterocycles. The second-order valence-electron chi connectivity index (χ2n) is 11.5. The van der Waals surface area contributed by atoms with Crippen molar-refractivity contribution in [2.75, 3.05) is 11.9 Å². The molecule has 0 N–H and O–H groups in total. The van der Waals surface area contributed by atoms with Gasteiger partial charge in [0.25, 0.3) is 0 Å². The first-order valence-electron chi connectivity index (χ1n) is 13.4. The summed E-state index contributed by atoms with van der Waals surface area (Å²) in [6.07, 6.45) is 7.87. The van der Waals surface area contributed by atoms with Crippen molar-refractivity contribution in [1.82, 2.24) is 0 Å². The zero-order chi connectivity index (χ0) is 26.7. The zero-order valence-corrected chi connectivity index (χ0v) is 23.6. The van der Waals surface area contributed by atoms with Gasteiger partial charge in [0.05, 0.1) is 0 Å². The molecular formula is C36H34ClN. The highest BCUT2D eigenvalue weighted by atomic mass is 35.5. The lowest BCUT2D eigenvalue weighted by Crippen LogP contribution is -2.25. The van der Waals surface area contributed by atoms with E-state index in [2.05, 4.69) is 137 Å². The van der Waals surface area contributed by atoms with Crippen LogP contribution in [0.3, 0.4) is 0 Å². The van der Waals surface area contributed by atoms with E-state index in [4.69, 9.17) is 11.6 Å². The number of anilines is 1. The van der Waals surface area contributed by atoms with E-state index in [1.165, 1.54) is 55.6 Å². The summed E-state index contributed by atoms with van der Waals surface area (Å²) in [5.74, 6) is 0. The second kappa shape index (κ2) is 9.03. The third-order valence-electron chi connectivity index (χ3n) is 8.80. The minimum absolute atomic E-state index is 0.120. The van der Waals surface area contributed by atoms with Gasteiger partial charge in [-0.05, 0) is 81.8 Å². The van der Waals surface area contributed by atoms with Gasteiger partial charge in [-0.3, -0.25) is 0 Å². The Hall–Kier alpha value is -3.55. The molecule has 4 aromatic carbocycles. The van der Waals surface area contributed by atoms with E-state index in [0.29, 0.717) is 0 Å². The second-order valence-corrected chi connectivity index (χ2v) is 11.9. The van der Waals surface area contributed by atoms with Crippen LogP contribution in [0.25, 0.3) is 16.3 Å². The third kappa shape index (κ3) is 3.76. The quantitative estimate of drug-likeness (QED) is 0.261. The first-order valence-corrected chi connectivity index (χ1v) is 13.8. The van der Waals surface area contributed by atoms with E-state index in [0.717, 1.165) is 11.4 Å². The van der Waals surface area contributed by atoms with Crippen LogP contribution in [0.15, 0.2) is 114 Å². The Morgan fingerprint density at radius 3 is 2.39 bits per heavy atom. The number of benzene rings is 4. The maximum absolute atomic E-state index is 6.38. The van der Waals surface area contributed by atoms with Crippen molar-refractivity contribution in [3.8, 4) is 0 Å². The summed E-state index contributed by atoms with van der Waals surface area (Å²) in [4.78, 5) is 2.30. The molecule has 0 bridgehead atoms. The van der Waals surface area contributed by atoms with Gasteiger partial charge in [-0.25, -0.2) is 0 Å². The van der Waals surface area contributed by atoms with E-state index in [9.17, 15) is 0 Å². The minimum atomic E-state index is -0.135. The SMILES string of the molecule is CC1=C(/C=C/C=C2/N(C)c3ccc(Cl)cc3C2(C)C)C(C)(Cc2ccccc2)c2c1ccc1ccccc21. The van der Waals surface area contributed by atoms with Crippen molar-refractivity contribution < 1.29 is 0 Å². The van der Waals surface area contributed by atoms with E-state index >= 15 is 0 Å². The fourth-order valence-corrected chi connectivity index (χ4v) is 7.08. The number of rotatable bonds is 4. The molecule has 0 saturated heterocycles. The van der Waals surface area contributed by atoms with Crippen LogP contribution in [0, 0.1) is 0 Å². The van der Waals surface area contributed by atoms with Gasteiger partial charge in [-0.1, -0.05) is 111 Å². The first kappa shape index (κ1) is 24.8. The van der Waals surface area contributed by atoms with Crippen molar-refractivity contribution in [3.63, 3.8) is 0 Å². The predicted molar refractivity (Wildman–Crippen MR) is 164 cm³/mol. The molecule has 0 fully saturated rings. The van der Waals surface area contributed by atoms with Gasteiger partial charge in [-0.15, -0.1) is 0 Å². The number of fused-ring (bicyclic) bond motifs is 4. The van der Waals surface area contributed by atoms with Gasteiger partial charge < -0.3 is 4.90 Å². The maximum atomic E-state index is 6.38. The molecule has 38 heavy (non-hydrogen) atoms. The topological polar surface area (TPSA) is 3.24 Å². The zero-order valence-electron chi connectivity index (χ0n) is 22.8. The summed E-state index contributed by atoms with van der Waals surface area (Å²) in [7, 11) is 2.16. The molecule has 1 nitrogen and oxygen atoms in total. The van der Waals surface area contributed by atoms with Crippen molar-refractivity contribution in [2.45, 2.75) is 44.9 Å². The molecule has 190 valence electrons. The Kier molecular flexibility index (Phi) is 5.89. The van der Waals surface area contributed by atoms with Crippen LogP contribution in [0.4, 0.5) is 5.69 Å². The molecule has 0 radical (unpaired) electrons. The van der Waals surface area contributed by atoms with Crippen LogP contribution in [-0.4, -0.2) is 7.05 Å². The third-order valence-corrected chi connectivity index (χ3v) is 9.03. The highest BCUT2D eigenvalue weighted by Crippen LogP contribution is 2.52. The maximum Gasteiger partial charge on any atom is 0.0449 e. The Bertz CT molecular complexity index is 1650. The Morgan fingerprint density at radius 1 is 0.868 bits per heavy atom. The van der Waals surface area contributed by atoms with Gasteiger partial charge in [-0.2, -0.15) is 0 Å². The van der Waals surface area contributed by atoms with Crippen LogP contribution in [0.1, 0.15) is 49.9 Å². The number of hydrogen-bond donors (Lipinski definition) is 0. The lowest BCUT2D eigenvalue weighted by atomic mass is 9.72. The van der Waals surface area contributed by atoms with Crippen LogP contribution >= 0.6 is 11.6 Å². The predicted octanol–water partition coefficient (Wildman–Crippen LogP) is 9.65. The molecule has 1 heterocycles.